The molecule has 10 heteroatoms. The Hall–Kier alpha value is -3.56. The van der Waals surface area contributed by atoms with Crippen LogP contribution in [0.5, 0.6) is 5.75 Å². The highest BCUT2D eigenvalue weighted by Crippen LogP contribution is 2.33. The van der Waals surface area contributed by atoms with E-state index < -0.39 is 17.7 Å². The number of carboxylic acid groups (broad SMARTS) is 1. The third-order valence-electron chi connectivity index (χ3n) is 6.90. The molecule has 1 fully saturated rings. The lowest BCUT2D eigenvalue weighted by Gasteiger charge is -2.27. The second kappa shape index (κ2) is 11.2. The molecule has 7 nitrogen and oxygen atoms in total. The van der Waals surface area contributed by atoms with Crippen LogP contribution in [-0.4, -0.2) is 39.9 Å². The third kappa shape index (κ3) is 6.42. The molecule has 3 aromatic rings. The normalized spacial score (nSPS) is 18.1. The van der Waals surface area contributed by atoms with E-state index >= 15 is 0 Å². The van der Waals surface area contributed by atoms with E-state index in [0.717, 1.165) is 37.8 Å². The van der Waals surface area contributed by atoms with Gasteiger partial charge in [0.1, 0.15) is 11.3 Å². The summed E-state index contributed by atoms with van der Waals surface area (Å²) >= 11 is 0. The SMILES string of the molecule is CCOc1ccc(C(=O)NCC2CCC(CC(=O)O)CC2)c2cnn(Cc3ccc(C(F)(F)F)cc3)c12. The molecule has 1 aliphatic carbocycles. The molecule has 2 N–H and O–H groups in total. The van der Waals surface area contributed by atoms with Gasteiger partial charge >= 0.3 is 12.1 Å². The zero-order valence-electron chi connectivity index (χ0n) is 20.6. The number of amides is 1. The molecule has 1 aromatic heterocycles. The van der Waals surface area contributed by atoms with E-state index in [1.807, 2.05) is 6.92 Å². The standard InChI is InChI=1S/C27H30F3N3O4/c1-2-37-23-12-11-21(26(36)31-14-18-5-3-17(4-6-18)13-24(34)35)22-15-32-33(25(22)23)16-19-7-9-20(10-8-19)27(28,29)30/h7-12,15,17-18H,2-6,13-14,16H2,1H3,(H,31,36)(H,34,35). The molecule has 1 aliphatic rings. The molecule has 1 amide bonds. The molecule has 37 heavy (non-hydrogen) atoms. The number of nitrogens with one attached hydrogen (secondary N) is 1. The number of carboxylic acids is 1. The van der Waals surface area contributed by atoms with Crippen molar-refractivity contribution in [1.29, 1.82) is 0 Å². The van der Waals surface area contributed by atoms with Crippen molar-refractivity contribution in [3.8, 4) is 5.75 Å². The molecule has 0 atom stereocenters. The van der Waals surface area contributed by atoms with E-state index in [2.05, 4.69) is 10.4 Å². The van der Waals surface area contributed by atoms with Gasteiger partial charge in [0.2, 0.25) is 0 Å². The summed E-state index contributed by atoms with van der Waals surface area (Å²) in [7, 11) is 0. The van der Waals surface area contributed by atoms with E-state index in [0.29, 0.717) is 46.8 Å². The average Bonchev–Trinajstić information content (AvgIpc) is 3.27. The number of fused-ring (bicyclic) bond motifs is 1. The second-order valence-corrected chi connectivity index (χ2v) is 9.50. The van der Waals surface area contributed by atoms with Crippen LogP contribution in [0.1, 0.15) is 60.5 Å². The Morgan fingerprint density at radius 3 is 2.38 bits per heavy atom. The highest BCUT2D eigenvalue weighted by molar-refractivity contribution is 6.07. The first-order valence-corrected chi connectivity index (χ1v) is 12.4. The number of hydrogen-bond acceptors (Lipinski definition) is 4. The highest BCUT2D eigenvalue weighted by Gasteiger charge is 2.30. The summed E-state index contributed by atoms with van der Waals surface area (Å²) in [5.41, 5.74) is 0.958. The van der Waals surface area contributed by atoms with Gasteiger partial charge in [-0.2, -0.15) is 18.3 Å². The van der Waals surface area contributed by atoms with Gasteiger partial charge in [-0.25, -0.2) is 0 Å². The van der Waals surface area contributed by atoms with Crippen LogP contribution in [0.3, 0.4) is 0 Å². The number of nitrogens with zero attached hydrogens (tertiary/aromatic N) is 2. The van der Waals surface area contributed by atoms with E-state index in [-0.39, 0.29) is 24.8 Å². The largest absolute Gasteiger partial charge is 0.492 e. The third-order valence-corrected chi connectivity index (χ3v) is 6.90. The number of halogens is 3. The summed E-state index contributed by atoms with van der Waals surface area (Å²) in [5, 5.41) is 17.0. The minimum atomic E-state index is -4.40. The Bertz CT molecular complexity index is 1250. The zero-order valence-corrected chi connectivity index (χ0v) is 20.6. The first kappa shape index (κ1) is 26.5. The first-order chi connectivity index (χ1) is 17.7. The van der Waals surface area contributed by atoms with Crippen LogP contribution >= 0.6 is 0 Å². The van der Waals surface area contributed by atoms with Crippen LogP contribution in [0.2, 0.25) is 0 Å². The summed E-state index contributed by atoms with van der Waals surface area (Å²) in [6.45, 7) is 2.96. The minimum Gasteiger partial charge on any atom is -0.492 e. The predicted molar refractivity (Wildman–Crippen MR) is 131 cm³/mol. The molecule has 0 radical (unpaired) electrons. The molecule has 0 spiro atoms. The number of hydrogen-bond donors (Lipinski definition) is 2. The number of ether oxygens (including phenoxy) is 1. The number of aliphatic carboxylic acids is 1. The van der Waals surface area contributed by atoms with Crippen molar-refractivity contribution in [3.63, 3.8) is 0 Å². The molecule has 0 saturated heterocycles. The smallest absolute Gasteiger partial charge is 0.416 e. The van der Waals surface area contributed by atoms with Crippen LogP contribution in [0.4, 0.5) is 13.2 Å². The van der Waals surface area contributed by atoms with Crippen LogP contribution < -0.4 is 10.1 Å². The Morgan fingerprint density at radius 1 is 1.08 bits per heavy atom. The highest BCUT2D eigenvalue weighted by atomic mass is 19.4. The average molecular weight is 518 g/mol. The molecular weight excluding hydrogens is 487 g/mol. The van der Waals surface area contributed by atoms with Crippen LogP contribution in [0.15, 0.2) is 42.6 Å². The molecule has 0 bridgehead atoms. The molecule has 1 saturated carbocycles. The minimum absolute atomic E-state index is 0.194. The Labute approximate surface area is 212 Å². The van der Waals surface area contributed by atoms with E-state index in [1.54, 1.807) is 23.0 Å². The molecular formula is C27H30F3N3O4. The predicted octanol–water partition coefficient (Wildman–Crippen LogP) is 5.51. The van der Waals surface area contributed by atoms with Crippen molar-refractivity contribution in [2.24, 2.45) is 11.8 Å². The van der Waals surface area contributed by atoms with Gasteiger partial charge in [-0.05, 0) is 74.3 Å². The molecule has 4 rings (SSSR count). The topological polar surface area (TPSA) is 93.4 Å². The van der Waals surface area contributed by atoms with E-state index in [4.69, 9.17) is 9.84 Å². The lowest BCUT2D eigenvalue weighted by molar-refractivity contribution is -0.139. The summed E-state index contributed by atoms with van der Waals surface area (Å²) in [6.07, 6.45) is 0.810. The fourth-order valence-electron chi connectivity index (χ4n) is 4.95. The summed E-state index contributed by atoms with van der Waals surface area (Å²) in [6, 6.07) is 8.31. The number of carbonyl (C=O) groups is 2. The zero-order chi connectivity index (χ0) is 26.6. The first-order valence-electron chi connectivity index (χ1n) is 12.4. The Kier molecular flexibility index (Phi) is 8.04. The van der Waals surface area contributed by atoms with E-state index in [9.17, 15) is 22.8 Å². The van der Waals surface area contributed by atoms with Gasteiger partial charge in [0.15, 0.2) is 0 Å². The van der Waals surface area contributed by atoms with Crippen molar-refractivity contribution >= 4 is 22.8 Å². The number of alkyl halides is 3. The van der Waals surface area contributed by atoms with Gasteiger partial charge in [-0.15, -0.1) is 0 Å². The quantitative estimate of drug-likeness (QED) is 0.390. The van der Waals surface area contributed by atoms with Crippen LogP contribution in [-0.2, 0) is 17.5 Å². The number of carbonyl (C=O) groups excluding carboxylic acids is 1. The Morgan fingerprint density at radius 2 is 1.76 bits per heavy atom. The number of benzene rings is 2. The van der Waals surface area contributed by atoms with Crippen molar-refractivity contribution in [2.75, 3.05) is 13.2 Å². The fourth-order valence-corrected chi connectivity index (χ4v) is 4.95. The molecule has 198 valence electrons. The molecule has 1 heterocycles. The molecule has 2 aromatic carbocycles. The maximum Gasteiger partial charge on any atom is 0.416 e. The fraction of sp³-hybridized carbons (Fsp3) is 0.444. The molecule has 0 unspecified atom stereocenters. The van der Waals surface area contributed by atoms with Gasteiger partial charge in [0, 0.05) is 18.4 Å². The Balaban J connectivity index is 1.49. The second-order valence-electron chi connectivity index (χ2n) is 9.50. The van der Waals surface area contributed by atoms with Crippen molar-refractivity contribution < 1.29 is 32.6 Å². The van der Waals surface area contributed by atoms with Gasteiger partial charge < -0.3 is 15.2 Å². The van der Waals surface area contributed by atoms with Crippen molar-refractivity contribution in [2.45, 2.75) is 51.7 Å². The van der Waals surface area contributed by atoms with Gasteiger partial charge in [-0.1, -0.05) is 12.1 Å². The summed E-state index contributed by atoms with van der Waals surface area (Å²) < 4.78 is 46.1. The lowest BCUT2D eigenvalue weighted by atomic mass is 9.80. The summed E-state index contributed by atoms with van der Waals surface area (Å²) in [4.78, 5) is 24.0. The number of rotatable bonds is 9. The monoisotopic (exact) mass is 517 g/mol. The van der Waals surface area contributed by atoms with Crippen LogP contribution in [0, 0.1) is 11.8 Å². The maximum atomic E-state index is 13.1. The molecule has 0 aliphatic heterocycles. The van der Waals surface area contributed by atoms with Crippen LogP contribution in [0.25, 0.3) is 10.9 Å². The maximum absolute atomic E-state index is 13.1. The van der Waals surface area contributed by atoms with E-state index in [1.165, 1.54) is 12.1 Å². The summed E-state index contributed by atoms with van der Waals surface area (Å²) in [5.74, 6) is 0.0282. The van der Waals surface area contributed by atoms with Gasteiger partial charge in [0.25, 0.3) is 5.91 Å². The van der Waals surface area contributed by atoms with Gasteiger partial charge in [0.05, 0.1) is 30.5 Å². The van der Waals surface area contributed by atoms with Crippen molar-refractivity contribution in [3.05, 3.63) is 59.3 Å². The lowest BCUT2D eigenvalue weighted by Crippen LogP contribution is -2.31. The van der Waals surface area contributed by atoms with Gasteiger partial charge in [-0.3, -0.25) is 14.3 Å². The number of aromatic nitrogens is 2. The van der Waals surface area contributed by atoms with Crippen molar-refractivity contribution in [1.82, 2.24) is 15.1 Å².